The first-order chi connectivity index (χ1) is 9.63. The van der Waals surface area contributed by atoms with Crippen molar-refractivity contribution in [3.8, 4) is 11.1 Å². The van der Waals surface area contributed by atoms with Gasteiger partial charge >= 0.3 is 0 Å². The molecule has 2 N–H and O–H groups in total. The summed E-state index contributed by atoms with van der Waals surface area (Å²) in [6.07, 6.45) is 0.854. The molecule has 1 unspecified atom stereocenters. The first-order valence-corrected chi connectivity index (χ1v) is 7.08. The lowest BCUT2D eigenvalue weighted by Gasteiger charge is -2.15. The predicted octanol–water partition coefficient (Wildman–Crippen LogP) is 3.09. The summed E-state index contributed by atoms with van der Waals surface area (Å²) in [7, 11) is 1.89. The first kappa shape index (κ1) is 14.8. The summed E-state index contributed by atoms with van der Waals surface area (Å²) in [6.45, 7) is 4.40. The topological polar surface area (TPSA) is 32.3 Å². The molecule has 2 heteroatoms. The first-order valence-electron chi connectivity index (χ1n) is 7.08. The van der Waals surface area contributed by atoms with Crippen LogP contribution in [-0.4, -0.2) is 24.8 Å². The molecule has 2 aromatic rings. The molecule has 2 aromatic carbocycles. The number of aliphatic hydroxyl groups is 1. The molecule has 0 spiro atoms. The van der Waals surface area contributed by atoms with E-state index in [2.05, 4.69) is 61.6 Å². The van der Waals surface area contributed by atoms with E-state index in [1.165, 1.54) is 27.8 Å². The maximum absolute atomic E-state index is 9.27. The number of rotatable bonds is 5. The number of hydrogen-bond acceptors (Lipinski definition) is 2. The van der Waals surface area contributed by atoms with Crippen molar-refractivity contribution in [2.24, 2.45) is 0 Å². The summed E-state index contributed by atoms with van der Waals surface area (Å²) in [6, 6.07) is 15.3. The average molecular weight is 269 g/mol. The lowest BCUT2D eigenvalue weighted by molar-refractivity contribution is 0.248. The van der Waals surface area contributed by atoms with Crippen LogP contribution in [0.15, 0.2) is 42.5 Å². The molecule has 0 saturated carbocycles. The Kier molecular flexibility index (Phi) is 4.94. The maximum Gasteiger partial charge on any atom is 0.0587 e. The van der Waals surface area contributed by atoms with Gasteiger partial charge in [0.15, 0.2) is 0 Å². The molecular weight excluding hydrogens is 246 g/mol. The van der Waals surface area contributed by atoms with Gasteiger partial charge in [0.05, 0.1) is 6.61 Å². The van der Waals surface area contributed by atoms with Crippen LogP contribution in [-0.2, 0) is 6.42 Å². The van der Waals surface area contributed by atoms with Gasteiger partial charge in [-0.1, -0.05) is 48.0 Å². The van der Waals surface area contributed by atoms with Crippen molar-refractivity contribution in [3.05, 3.63) is 59.2 Å². The number of benzene rings is 2. The smallest absolute Gasteiger partial charge is 0.0587 e. The summed E-state index contributed by atoms with van der Waals surface area (Å²) in [5.74, 6) is 0. The largest absolute Gasteiger partial charge is 0.395 e. The molecule has 0 aliphatic carbocycles. The van der Waals surface area contributed by atoms with Crippen LogP contribution in [0.1, 0.15) is 16.7 Å². The molecule has 2 nitrogen and oxygen atoms in total. The van der Waals surface area contributed by atoms with Gasteiger partial charge in [0.1, 0.15) is 0 Å². The summed E-state index contributed by atoms with van der Waals surface area (Å²) < 4.78 is 0. The molecule has 0 amide bonds. The van der Waals surface area contributed by atoms with Gasteiger partial charge in [-0.2, -0.15) is 0 Å². The van der Waals surface area contributed by atoms with E-state index >= 15 is 0 Å². The molecule has 106 valence electrons. The van der Waals surface area contributed by atoms with Crippen molar-refractivity contribution in [1.29, 1.82) is 0 Å². The van der Waals surface area contributed by atoms with Crippen molar-refractivity contribution < 1.29 is 5.11 Å². The Morgan fingerprint density at radius 2 is 1.65 bits per heavy atom. The number of hydrogen-bond donors (Lipinski definition) is 2. The molecule has 0 bridgehead atoms. The van der Waals surface area contributed by atoms with Crippen LogP contribution in [0.25, 0.3) is 11.1 Å². The maximum atomic E-state index is 9.27. The molecule has 1 atom stereocenters. The quantitative estimate of drug-likeness (QED) is 0.874. The minimum Gasteiger partial charge on any atom is -0.395 e. The molecule has 0 radical (unpaired) electrons. The molecule has 0 heterocycles. The molecule has 0 aromatic heterocycles. The molecular formula is C18H23NO. The molecule has 2 rings (SSSR count). The van der Waals surface area contributed by atoms with E-state index in [1.54, 1.807) is 0 Å². The van der Waals surface area contributed by atoms with E-state index in [9.17, 15) is 5.11 Å². The van der Waals surface area contributed by atoms with E-state index in [1.807, 2.05) is 7.05 Å². The number of aliphatic hydroxyl groups excluding tert-OH is 1. The third kappa shape index (κ3) is 3.47. The standard InChI is InChI=1S/C18H23NO/c1-13-4-6-15(7-5-13)17-9-8-16(14(2)10-17)11-18(12-20)19-3/h4-10,18-20H,11-12H2,1-3H3. The van der Waals surface area contributed by atoms with Crippen LogP contribution in [0.3, 0.4) is 0 Å². The van der Waals surface area contributed by atoms with Gasteiger partial charge in [-0.3, -0.25) is 0 Å². The van der Waals surface area contributed by atoms with Crippen LogP contribution in [0.5, 0.6) is 0 Å². The minimum absolute atomic E-state index is 0.124. The zero-order chi connectivity index (χ0) is 14.5. The van der Waals surface area contributed by atoms with Gasteiger partial charge in [-0.15, -0.1) is 0 Å². The number of aryl methyl sites for hydroxylation is 2. The lowest BCUT2D eigenvalue weighted by atomic mass is 9.96. The zero-order valence-electron chi connectivity index (χ0n) is 12.5. The van der Waals surface area contributed by atoms with E-state index in [0.717, 1.165) is 6.42 Å². The predicted molar refractivity (Wildman–Crippen MR) is 85.0 cm³/mol. The van der Waals surface area contributed by atoms with E-state index in [-0.39, 0.29) is 12.6 Å². The van der Waals surface area contributed by atoms with Crippen LogP contribution in [0, 0.1) is 13.8 Å². The Bertz CT molecular complexity index is 556. The second-order valence-corrected chi connectivity index (χ2v) is 5.38. The highest BCUT2D eigenvalue weighted by Crippen LogP contribution is 2.23. The van der Waals surface area contributed by atoms with Crippen LogP contribution >= 0.6 is 0 Å². The van der Waals surface area contributed by atoms with E-state index < -0.39 is 0 Å². The monoisotopic (exact) mass is 269 g/mol. The highest BCUT2D eigenvalue weighted by molar-refractivity contribution is 5.65. The molecule has 0 saturated heterocycles. The lowest BCUT2D eigenvalue weighted by Crippen LogP contribution is -2.31. The Balaban J connectivity index is 2.23. The van der Waals surface area contributed by atoms with Crippen LogP contribution in [0.2, 0.25) is 0 Å². The Morgan fingerprint density at radius 1 is 1.00 bits per heavy atom. The summed E-state index contributed by atoms with van der Waals surface area (Å²) >= 11 is 0. The Labute approximate surface area is 121 Å². The fraction of sp³-hybridized carbons (Fsp3) is 0.333. The van der Waals surface area contributed by atoms with Gasteiger partial charge in [0.25, 0.3) is 0 Å². The van der Waals surface area contributed by atoms with Gasteiger partial charge < -0.3 is 10.4 Å². The summed E-state index contributed by atoms with van der Waals surface area (Å²) in [5, 5.41) is 12.4. The van der Waals surface area contributed by atoms with Gasteiger partial charge in [-0.05, 0) is 49.6 Å². The number of likely N-dealkylation sites (N-methyl/N-ethyl adjacent to an activating group) is 1. The molecule has 0 fully saturated rings. The Hall–Kier alpha value is -1.64. The normalized spacial score (nSPS) is 12.4. The second-order valence-electron chi connectivity index (χ2n) is 5.38. The minimum atomic E-state index is 0.124. The Morgan fingerprint density at radius 3 is 2.20 bits per heavy atom. The SMILES string of the molecule is CNC(CO)Cc1ccc(-c2ccc(C)cc2)cc1C. The fourth-order valence-electron chi connectivity index (χ4n) is 2.37. The van der Waals surface area contributed by atoms with E-state index in [0.29, 0.717) is 0 Å². The highest BCUT2D eigenvalue weighted by Gasteiger charge is 2.08. The summed E-state index contributed by atoms with van der Waals surface area (Å²) in [4.78, 5) is 0. The highest BCUT2D eigenvalue weighted by atomic mass is 16.3. The molecule has 0 aliphatic rings. The zero-order valence-corrected chi connectivity index (χ0v) is 12.5. The second kappa shape index (κ2) is 6.69. The van der Waals surface area contributed by atoms with Gasteiger partial charge in [0.2, 0.25) is 0 Å². The third-order valence-electron chi connectivity index (χ3n) is 3.82. The summed E-state index contributed by atoms with van der Waals surface area (Å²) in [5.41, 5.74) is 6.33. The van der Waals surface area contributed by atoms with Crippen molar-refractivity contribution in [2.75, 3.05) is 13.7 Å². The van der Waals surface area contributed by atoms with Crippen molar-refractivity contribution >= 4 is 0 Å². The average Bonchev–Trinajstić information content (AvgIpc) is 2.47. The van der Waals surface area contributed by atoms with E-state index in [4.69, 9.17) is 0 Å². The molecule has 0 aliphatic heterocycles. The number of nitrogens with one attached hydrogen (secondary N) is 1. The van der Waals surface area contributed by atoms with Gasteiger partial charge in [0, 0.05) is 6.04 Å². The van der Waals surface area contributed by atoms with Crippen LogP contribution < -0.4 is 5.32 Å². The fourth-order valence-corrected chi connectivity index (χ4v) is 2.37. The third-order valence-corrected chi connectivity index (χ3v) is 3.82. The van der Waals surface area contributed by atoms with Gasteiger partial charge in [-0.25, -0.2) is 0 Å². The molecule has 20 heavy (non-hydrogen) atoms. The van der Waals surface area contributed by atoms with Crippen molar-refractivity contribution in [1.82, 2.24) is 5.32 Å². The van der Waals surface area contributed by atoms with Crippen molar-refractivity contribution in [3.63, 3.8) is 0 Å². The van der Waals surface area contributed by atoms with Crippen LogP contribution in [0.4, 0.5) is 0 Å². The van der Waals surface area contributed by atoms with Crippen molar-refractivity contribution in [2.45, 2.75) is 26.3 Å².